The van der Waals surface area contributed by atoms with E-state index < -0.39 is 10.0 Å². The fraction of sp³-hybridized carbons (Fsp3) is 0.316. The zero-order chi connectivity index (χ0) is 20.0. The highest BCUT2D eigenvalue weighted by atomic mass is 32.2. The van der Waals surface area contributed by atoms with Crippen molar-refractivity contribution in [3.63, 3.8) is 0 Å². The monoisotopic (exact) mass is 408 g/mol. The molecule has 27 heavy (non-hydrogen) atoms. The van der Waals surface area contributed by atoms with Crippen molar-refractivity contribution in [1.29, 1.82) is 0 Å². The van der Waals surface area contributed by atoms with E-state index >= 15 is 0 Å². The molecule has 0 spiro atoms. The van der Waals surface area contributed by atoms with Crippen molar-refractivity contribution in [2.24, 2.45) is 0 Å². The minimum Gasteiger partial charge on any atom is -0.484 e. The summed E-state index contributed by atoms with van der Waals surface area (Å²) in [5, 5.41) is 2.90. The average Bonchev–Trinajstić information content (AvgIpc) is 2.65. The van der Waals surface area contributed by atoms with Gasteiger partial charge in [-0.2, -0.15) is 0 Å². The molecule has 2 aromatic carbocycles. The summed E-state index contributed by atoms with van der Waals surface area (Å²) in [6.07, 6.45) is 3.15. The lowest BCUT2D eigenvalue weighted by atomic mass is 10.1. The molecule has 2 aromatic rings. The molecule has 1 unspecified atom stereocenters. The normalized spacial score (nSPS) is 12.3. The summed E-state index contributed by atoms with van der Waals surface area (Å²) in [5.41, 5.74) is 1.55. The topological polar surface area (TPSA) is 75.7 Å². The van der Waals surface area contributed by atoms with E-state index in [-0.39, 0.29) is 18.6 Å². The van der Waals surface area contributed by atoms with Crippen LogP contribution in [0, 0.1) is 0 Å². The molecule has 1 N–H and O–H groups in total. The molecule has 0 aliphatic rings. The lowest BCUT2D eigenvalue weighted by Crippen LogP contribution is -2.31. The van der Waals surface area contributed by atoms with Crippen LogP contribution in [0.4, 0.5) is 5.69 Å². The number of amides is 1. The Balaban J connectivity index is 1.87. The lowest BCUT2D eigenvalue weighted by molar-refractivity contribution is -0.123. The van der Waals surface area contributed by atoms with Gasteiger partial charge < -0.3 is 10.1 Å². The molecule has 1 atom stereocenters. The van der Waals surface area contributed by atoms with Crippen LogP contribution >= 0.6 is 11.8 Å². The number of sulfonamides is 1. The second-order valence-electron chi connectivity index (χ2n) is 6.08. The van der Waals surface area contributed by atoms with E-state index in [0.29, 0.717) is 11.4 Å². The van der Waals surface area contributed by atoms with Crippen LogP contribution in [-0.4, -0.2) is 40.5 Å². The van der Waals surface area contributed by atoms with Gasteiger partial charge in [-0.15, -0.1) is 11.8 Å². The first-order valence-electron chi connectivity index (χ1n) is 8.31. The van der Waals surface area contributed by atoms with Gasteiger partial charge in [-0.1, -0.05) is 12.1 Å². The van der Waals surface area contributed by atoms with E-state index in [1.165, 1.54) is 16.2 Å². The molecule has 0 fully saturated rings. The largest absolute Gasteiger partial charge is 0.484 e. The van der Waals surface area contributed by atoms with Crippen LogP contribution in [-0.2, 0) is 14.8 Å². The van der Waals surface area contributed by atoms with Crippen LogP contribution in [0.3, 0.4) is 0 Å². The van der Waals surface area contributed by atoms with Crippen molar-refractivity contribution in [3.8, 4) is 5.75 Å². The summed E-state index contributed by atoms with van der Waals surface area (Å²) in [4.78, 5) is 13.3. The molecule has 0 aromatic heterocycles. The molecular weight excluding hydrogens is 384 g/mol. The van der Waals surface area contributed by atoms with Gasteiger partial charge in [0.1, 0.15) is 5.75 Å². The number of anilines is 1. The van der Waals surface area contributed by atoms with Gasteiger partial charge in [0, 0.05) is 11.9 Å². The minimum absolute atomic E-state index is 0.117. The Hall–Kier alpha value is -2.19. The standard InChI is InChI=1S/C19H24N2O4S2/c1-14(15-5-11-18(26-3)12-6-15)20-19(22)13-25-17-9-7-16(8-10-17)21(2)27(4,23)24/h5-12,14H,13H2,1-4H3,(H,20,22). The van der Waals surface area contributed by atoms with Gasteiger partial charge in [0.05, 0.1) is 18.0 Å². The Bertz CT molecular complexity index is 866. The number of hydrogen-bond donors (Lipinski definition) is 1. The van der Waals surface area contributed by atoms with E-state index in [1.807, 2.05) is 37.4 Å². The zero-order valence-electron chi connectivity index (χ0n) is 15.8. The molecule has 0 heterocycles. The third-order valence-corrected chi connectivity index (χ3v) is 6.01. The van der Waals surface area contributed by atoms with E-state index in [4.69, 9.17) is 4.74 Å². The Morgan fingerprint density at radius 2 is 1.74 bits per heavy atom. The summed E-state index contributed by atoms with van der Waals surface area (Å²) in [7, 11) is -1.83. The van der Waals surface area contributed by atoms with Gasteiger partial charge in [-0.05, 0) is 55.1 Å². The lowest BCUT2D eigenvalue weighted by Gasteiger charge is -2.17. The van der Waals surface area contributed by atoms with Crippen molar-refractivity contribution in [1.82, 2.24) is 5.32 Å². The summed E-state index contributed by atoms with van der Waals surface area (Å²) < 4.78 is 29.7. The molecule has 6 nitrogen and oxygen atoms in total. The van der Waals surface area contributed by atoms with Crippen LogP contribution < -0.4 is 14.4 Å². The second-order valence-corrected chi connectivity index (χ2v) is 8.97. The first-order chi connectivity index (χ1) is 12.7. The average molecular weight is 409 g/mol. The van der Waals surface area contributed by atoms with Crippen molar-refractivity contribution >= 4 is 33.4 Å². The van der Waals surface area contributed by atoms with Crippen LogP contribution in [0.2, 0.25) is 0 Å². The fourth-order valence-electron chi connectivity index (χ4n) is 2.35. The molecule has 2 rings (SSSR count). The number of carbonyl (C=O) groups excluding carboxylic acids is 1. The third kappa shape index (κ3) is 6.18. The van der Waals surface area contributed by atoms with E-state index in [2.05, 4.69) is 5.32 Å². The highest BCUT2D eigenvalue weighted by molar-refractivity contribution is 7.98. The van der Waals surface area contributed by atoms with Gasteiger partial charge in [0.15, 0.2) is 6.61 Å². The molecule has 8 heteroatoms. The predicted octanol–water partition coefficient (Wildman–Crippen LogP) is 3.06. The Morgan fingerprint density at radius 3 is 2.26 bits per heavy atom. The van der Waals surface area contributed by atoms with Crippen molar-refractivity contribution in [2.75, 3.05) is 30.5 Å². The summed E-state index contributed by atoms with van der Waals surface area (Å²) >= 11 is 1.67. The van der Waals surface area contributed by atoms with Gasteiger partial charge in [0.2, 0.25) is 10.0 Å². The Kier molecular flexibility index (Phi) is 7.15. The maximum absolute atomic E-state index is 12.1. The van der Waals surface area contributed by atoms with Gasteiger partial charge in [-0.3, -0.25) is 9.10 Å². The van der Waals surface area contributed by atoms with Crippen molar-refractivity contribution in [2.45, 2.75) is 17.9 Å². The molecule has 146 valence electrons. The van der Waals surface area contributed by atoms with Crippen LogP contribution in [0.1, 0.15) is 18.5 Å². The number of ether oxygens (including phenoxy) is 1. The van der Waals surface area contributed by atoms with E-state index in [1.54, 1.807) is 36.0 Å². The number of nitrogens with zero attached hydrogens (tertiary/aromatic N) is 1. The van der Waals surface area contributed by atoms with Crippen molar-refractivity contribution in [3.05, 3.63) is 54.1 Å². The smallest absolute Gasteiger partial charge is 0.258 e. The number of rotatable bonds is 8. The molecular formula is C19H24N2O4S2. The summed E-state index contributed by atoms with van der Waals surface area (Å²) in [6.45, 7) is 1.80. The fourth-order valence-corrected chi connectivity index (χ4v) is 3.26. The van der Waals surface area contributed by atoms with Crippen LogP contribution in [0.25, 0.3) is 0 Å². The number of nitrogens with one attached hydrogen (secondary N) is 1. The summed E-state index contributed by atoms with van der Waals surface area (Å²) in [5.74, 6) is 0.265. The maximum atomic E-state index is 12.1. The molecule has 1 amide bonds. The Labute approximate surface area is 165 Å². The molecule has 0 saturated heterocycles. The van der Waals surface area contributed by atoms with E-state index in [0.717, 1.165) is 11.8 Å². The number of hydrogen-bond acceptors (Lipinski definition) is 5. The number of carbonyl (C=O) groups is 1. The molecule has 0 bridgehead atoms. The minimum atomic E-state index is -3.31. The SMILES string of the molecule is CSc1ccc(C(C)NC(=O)COc2ccc(N(C)S(C)(=O)=O)cc2)cc1. The highest BCUT2D eigenvalue weighted by Gasteiger charge is 2.13. The Morgan fingerprint density at radius 1 is 1.15 bits per heavy atom. The van der Waals surface area contributed by atoms with Gasteiger partial charge in [-0.25, -0.2) is 8.42 Å². The van der Waals surface area contributed by atoms with Gasteiger partial charge in [0.25, 0.3) is 5.91 Å². The second kappa shape index (κ2) is 9.14. The number of thioether (sulfide) groups is 1. The van der Waals surface area contributed by atoms with Crippen LogP contribution in [0.15, 0.2) is 53.4 Å². The first kappa shape index (κ1) is 21.1. The molecule has 0 saturated carbocycles. The summed E-state index contributed by atoms with van der Waals surface area (Å²) in [6, 6.07) is 14.4. The molecule has 0 radical (unpaired) electrons. The molecule has 0 aliphatic carbocycles. The van der Waals surface area contributed by atoms with Crippen LogP contribution in [0.5, 0.6) is 5.75 Å². The highest BCUT2D eigenvalue weighted by Crippen LogP contribution is 2.21. The quantitative estimate of drug-likeness (QED) is 0.680. The zero-order valence-corrected chi connectivity index (χ0v) is 17.4. The van der Waals surface area contributed by atoms with Crippen molar-refractivity contribution < 1.29 is 17.9 Å². The van der Waals surface area contributed by atoms with E-state index in [9.17, 15) is 13.2 Å². The first-order valence-corrected chi connectivity index (χ1v) is 11.4. The van der Waals surface area contributed by atoms with Gasteiger partial charge >= 0.3 is 0 Å². The predicted molar refractivity (Wildman–Crippen MR) is 110 cm³/mol. The molecule has 0 aliphatic heterocycles. The number of benzene rings is 2. The maximum Gasteiger partial charge on any atom is 0.258 e. The third-order valence-electron chi connectivity index (χ3n) is 4.06.